The monoisotopic (exact) mass is 162 g/mol. The first-order valence-electron chi connectivity index (χ1n) is 4.45. The van der Waals surface area contributed by atoms with Crippen molar-refractivity contribution in [3.05, 3.63) is 0 Å². The van der Waals surface area contributed by atoms with Crippen LogP contribution in [0.2, 0.25) is 0 Å². The summed E-state index contributed by atoms with van der Waals surface area (Å²) in [5.74, 6) is 0. The predicted octanol–water partition coefficient (Wildman–Crippen LogP) is 3.97. The molecule has 0 bridgehead atoms. The molecule has 0 saturated heterocycles. The average molecular weight is 163 g/mol. The highest BCUT2D eigenvalue weighted by Crippen LogP contribution is 2.12. The van der Waals surface area contributed by atoms with Crippen molar-refractivity contribution in [1.29, 1.82) is 0 Å². The maximum atomic E-state index is 5.94. The van der Waals surface area contributed by atoms with Crippen LogP contribution < -0.4 is 0 Å². The lowest BCUT2D eigenvalue weighted by molar-refractivity contribution is 0.607. The largest absolute Gasteiger partial charge is 0.123 e. The summed E-state index contributed by atoms with van der Waals surface area (Å²) in [6, 6.07) is 0. The van der Waals surface area contributed by atoms with E-state index in [1.54, 1.807) is 0 Å². The van der Waals surface area contributed by atoms with Crippen molar-refractivity contribution in [3.8, 4) is 0 Å². The SMILES string of the molecule is CCCCCC[C@@H](Cl)CC. The minimum Gasteiger partial charge on any atom is -0.123 e. The van der Waals surface area contributed by atoms with E-state index in [-0.39, 0.29) is 0 Å². The van der Waals surface area contributed by atoms with Crippen molar-refractivity contribution in [2.24, 2.45) is 0 Å². The Morgan fingerprint density at radius 1 is 1.10 bits per heavy atom. The third-order valence-corrected chi connectivity index (χ3v) is 2.34. The normalized spacial score (nSPS) is 13.5. The summed E-state index contributed by atoms with van der Waals surface area (Å²) in [4.78, 5) is 0. The Balaban J connectivity index is 2.89. The maximum Gasteiger partial charge on any atom is 0.0333 e. The third-order valence-electron chi connectivity index (χ3n) is 1.81. The summed E-state index contributed by atoms with van der Waals surface area (Å²) in [5, 5.41) is 0.428. The average Bonchev–Trinajstić information content (AvgIpc) is 1.98. The molecule has 0 aromatic carbocycles. The molecule has 0 unspecified atom stereocenters. The molecular formula is C9H19Cl. The Labute approximate surface area is 70.0 Å². The van der Waals surface area contributed by atoms with Gasteiger partial charge in [-0.15, -0.1) is 11.6 Å². The molecule has 0 aliphatic carbocycles. The second kappa shape index (κ2) is 7.40. The van der Waals surface area contributed by atoms with E-state index in [0.29, 0.717) is 5.38 Å². The van der Waals surface area contributed by atoms with Gasteiger partial charge < -0.3 is 0 Å². The lowest BCUT2D eigenvalue weighted by Crippen LogP contribution is -1.94. The molecule has 0 nitrogen and oxygen atoms in total. The zero-order valence-electron chi connectivity index (χ0n) is 7.20. The van der Waals surface area contributed by atoms with Gasteiger partial charge in [-0.25, -0.2) is 0 Å². The van der Waals surface area contributed by atoms with E-state index in [2.05, 4.69) is 13.8 Å². The number of unbranched alkanes of at least 4 members (excludes halogenated alkanes) is 3. The van der Waals surface area contributed by atoms with Crippen LogP contribution in [-0.4, -0.2) is 5.38 Å². The van der Waals surface area contributed by atoms with Crippen molar-refractivity contribution in [2.75, 3.05) is 0 Å². The van der Waals surface area contributed by atoms with Crippen LogP contribution in [0, 0.1) is 0 Å². The molecular weight excluding hydrogens is 144 g/mol. The molecule has 0 heterocycles. The smallest absolute Gasteiger partial charge is 0.0333 e. The van der Waals surface area contributed by atoms with Crippen LogP contribution >= 0.6 is 11.6 Å². The fourth-order valence-electron chi connectivity index (χ4n) is 0.997. The Morgan fingerprint density at radius 2 is 1.80 bits per heavy atom. The zero-order valence-corrected chi connectivity index (χ0v) is 7.95. The molecule has 0 rings (SSSR count). The highest BCUT2D eigenvalue weighted by Gasteiger charge is 1.98. The molecule has 10 heavy (non-hydrogen) atoms. The molecule has 0 radical (unpaired) electrons. The van der Waals surface area contributed by atoms with Crippen LogP contribution in [0.25, 0.3) is 0 Å². The molecule has 0 aliphatic rings. The Morgan fingerprint density at radius 3 is 2.30 bits per heavy atom. The van der Waals surface area contributed by atoms with Crippen molar-refractivity contribution >= 4 is 11.6 Å². The van der Waals surface area contributed by atoms with Crippen LogP contribution in [0.5, 0.6) is 0 Å². The van der Waals surface area contributed by atoms with E-state index < -0.39 is 0 Å². The second-order valence-corrected chi connectivity index (χ2v) is 3.47. The molecule has 0 aliphatic heterocycles. The second-order valence-electron chi connectivity index (χ2n) is 2.85. The van der Waals surface area contributed by atoms with Crippen LogP contribution in [0.15, 0.2) is 0 Å². The van der Waals surface area contributed by atoms with Crippen molar-refractivity contribution < 1.29 is 0 Å². The number of hydrogen-bond acceptors (Lipinski definition) is 0. The van der Waals surface area contributed by atoms with Crippen LogP contribution in [0.1, 0.15) is 52.4 Å². The number of halogens is 1. The molecule has 1 atom stereocenters. The molecule has 0 saturated carbocycles. The summed E-state index contributed by atoms with van der Waals surface area (Å²) in [6.45, 7) is 4.38. The first kappa shape index (κ1) is 10.3. The third kappa shape index (κ3) is 6.41. The maximum absolute atomic E-state index is 5.94. The molecule has 0 amide bonds. The fourth-order valence-corrected chi connectivity index (χ4v) is 1.15. The van der Waals surface area contributed by atoms with Crippen LogP contribution in [0.3, 0.4) is 0 Å². The van der Waals surface area contributed by atoms with Gasteiger partial charge in [0.05, 0.1) is 0 Å². The molecule has 0 aromatic rings. The van der Waals surface area contributed by atoms with Gasteiger partial charge in [0.1, 0.15) is 0 Å². The summed E-state index contributed by atoms with van der Waals surface area (Å²) in [5.41, 5.74) is 0. The van der Waals surface area contributed by atoms with E-state index in [1.165, 1.54) is 32.1 Å². The lowest BCUT2D eigenvalue weighted by atomic mass is 10.1. The van der Waals surface area contributed by atoms with E-state index >= 15 is 0 Å². The van der Waals surface area contributed by atoms with E-state index in [4.69, 9.17) is 11.6 Å². The lowest BCUT2D eigenvalue weighted by Gasteiger charge is -2.04. The van der Waals surface area contributed by atoms with Gasteiger partial charge in [0.15, 0.2) is 0 Å². The minimum absolute atomic E-state index is 0.428. The topological polar surface area (TPSA) is 0 Å². The van der Waals surface area contributed by atoms with Gasteiger partial charge in [0, 0.05) is 5.38 Å². The molecule has 0 spiro atoms. The van der Waals surface area contributed by atoms with Gasteiger partial charge in [-0.1, -0.05) is 39.5 Å². The summed E-state index contributed by atoms with van der Waals surface area (Å²) in [7, 11) is 0. The van der Waals surface area contributed by atoms with E-state index in [1.807, 2.05) is 0 Å². The predicted molar refractivity (Wildman–Crippen MR) is 48.7 cm³/mol. The molecule has 0 N–H and O–H groups in total. The number of rotatable bonds is 6. The van der Waals surface area contributed by atoms with Crippen molar-refractivity contribution in [2.45, 2.75) is 57.7 Å². The van der Waals surface area contributed by atoms with E-state index in [9.17, 15) is 0 Å². The molecule has 1 heteroatoms. The van der Waals surface area contributed by atoms with Crippen molar-refractivity contribution in [1.82, 2.24) is 0 Å². The first-order valence-corrected chi connectivity index (χ1v) is 4.89. The zero-order chi connectivity index (χ0) is 7.82. The molecule has 62 valence electrons. The van der Waals surface area contributed by atoms with Crippen LogP contribution in [-0.2, 0) is 0 Å². The number of alkyl halides is 1. The molecule has 0 aromatic heterocycles. The summed E-state index contributed by atoms with van der Waals surface area (Å²) >= 11 is 5.94. The first-order chi connectivity index (χ1) is 4.81. The van der Waals surface area contributed by atoms with Gasteiger partial charge in [-0.05, 0) is 12.8 Å². The highest BCUT2D eigenvalue weighted by molar-refractivity contribution is 6.20. The van der Waals surface area contributed by atoms with Crippen molar-refractivity contribution in [3.63, 3.8) is 0 Å². The Bertz CT molecular complexity index is 61.7. The quantitative estimate of drug-likeness (QED) is 0.410. The van der Waals surface area contributed by atoms with Crippen LogP contribution in [0.4, 0.5) is 0 Å². The van der Waals surface area contributed by atoms with Gasteiger partial charge in [-0.2, -0.15) is 0 Å². The Kier molecular flexibility index (Phi) is 7.61. The summed E-state index contributed by atoms with van der Waals surface area (Å²) in [6.07, 6.45) is 7.69. The summed E-state index contributed by atoms with van der Waals surface area (Å²) < 4.78 is 0. The Hall–Kier alpha value is 0.290. The minimum atomic E-state index is 0.428. The highest BCUT2D eigenvalue weighted by atomic mass is 35.5. The molecule has 0 fully saturated rings. The number of hydrogen-bond donors (Lipinski definition) is 0. The standard InChI is InChI=1S/C9H19Cl/c1-3-5-6-7-8-9(10)4-2/h9H,3-8H2,1-2H3/t9-/m0/s1. The van der Waals surface area contributed by atoms with Gasteiger partial charge in [0.25, 0.3) is 0 Å². The van der Waals surface area contributed by atoms with Gasteiger partial charge >= 0.3 is 0 Å². The fraction of sp³-hybridized carbons (Fsp3) is 1.00. The van der Waals surface area contributed by atoms with Gasteiger partial charge in [0.2, 0.25) is 0 Å². The van der Waals surface area contributed by atoms with E-state index in [0.717, 1.165) is 6.42 Å². The van der Waals surface area contributed by atoms with Gasteiger partial charge in [-0.3, -0.25) is 0 Å².